The van der Waals surface area contributed by atoms with Crippen molar-refractivity contribution >= 4 is 11.0 Å². The molecule has 0 bridgehead atoms. The molecule has 3 aromatic rings. The van der Waals surface area contributed by atoms with E-state index in [1.54, 1.807) is 0 Å². The summed E-state index contributed by atoms with van der Waals surface area (Å²) in [5.41, 5.74) is -1.20. The number of phenolic OH excluding ortho intramolecular Hbond substituents is 2. The number of benzene rings is 2. The van der Waals surface area contributed by atoms with Gasteiger partial charge in [-0.05, 0) is 31.2 Å². The molecule has 0 spiro atoms. The van der Waals surface area contributed by atoms with Crippen molar-refractivity contribution < 1.29 is 94.1 Å². The van der Waals surface area contributed by atoms with E-state index < -0.39 is 128 Å². The standard InChI is InChI=1S/C33H40O20/c1-10-19(38)29(52-31-25(44)23(42)20(39)16(8-34)50-31)27(46)33(47-10)48-13-6-14(37)18-15(7-13)49-28(11-2-4-12(36)5-3-11)30(22(18)41)53-32-26(45)24(43)21(40)17(9-35)51-32/h2-7,10,16-17,19-21,23-27,29,31-40,42-46H,8-9H2,1H3. The second kappa shape index (κ2) is 15.6. The van der Waals surface area contributed by atoms with Crippen molar-refractivity contribution in [1.29, 1.82) is 0 Å². The van der Waals surface area contributed by atoms with E-state index in [0.717, 1.165) is 12.1 Å². The Labute approximate surface area is 298 Å². The highest BCUT2D eigenvalue weighted by Crippen LogP contribution is 2.39. The number of hydrogen-bond acceptors (Lipinski definition) is 20. The molecule has 3 aliphatic heterocycles. The molecule has 53 heavy (non-hydrogen) atoms. The van der Waals surface area contributed by atoms with Crippen molar-refractivity contribution in [3.8, 4) is 34.3 Å². The minimum atomic E-state index is -1.92. The SMILES string of the molecule is CC1OC(Oc2cc(O)c3c(=O)c(OC4OC(CO)C(O)C(O)C4O)c(-c4ccc(O)cc4)oc3c2)C(O)C(OC2OC(CO)C(O)C(O)C2O)C1O. The van der Waals surface area contributed by atoms with E-state index in [9.17, 15) is 66.1 Å². The van der Waals surface area contributed by atoms with Gasteiger partial charge in [-0.2, -0.15) is 0 Å². The number of rotatable bonds is 9. The van der Waals surface area contributed by atoms with E-state index in [1.165, 1.54) is 31.2 Å². The summed E-state index contributed by atoms with van der Waals surface area (Å²) < 4.78 is 39.5. The molecular weight excluding hydrogens is 716 g/mol. The van der Waals surface area contributed by atoms with E-state index in [-0.39, 0.29) is 28.4 Å². The van der Waals surface area contributed by atoms with E-state index >= 15 is 0 Å². The van der Waals surface area contributed by atoms with Crippen LogP contribution in [0.4, 0.5) is 0 Å². The third-order valence-corrected chi connectivity index (χ3v) is 9.29. The van der Waals surface area contributed by atoms with E-state index in [4.69, 9.17) is 32.8 Å². The molecule has 0 saturated carbocycles. The van der Waals surface area contributed by atoms with Crippen molar-refractivity contribution in [2.24, 2.45) is 0 Å². The van der Waals surface area contributed by atoms with Gasteiger partial charge in [-0.15, -0.1) is 0 Å². The van der Waals surface area contributed by atoms with Crippen LogP contribution in [0.3, 0.4) is 0 Å². The van der Waals surface area contributed by atoms with Gasteiger partial charge in [0.2, 0.25) is 23.8 Å². The second-order valence-electron chi connectivity index (χ2n) is 12.9. The van der Waals surface area contributed by atoms with E-state index in [1.807, 2.05) is 0 Å². The molecule has 3 aliphatic rings. The van der Waals surface area contributed by atoms with E-state index in [2.05, 4.69) is 0 Å². The molecule has 0 amide bonds. The normalized spacial score (nSPS) is 37.8. The molecule has 0 aliphatic carbocycles. The molecule has 4 heterocycles. The maximum absolute atomic E-state index is 13.9. The number of hydrogen-bond donors (Lipinski definition) is 12. The molecule has 3 saturated heterocycles. The Morgan fingerprint density at radius 1 is 0.660 bits per heavy atom. The number of aliphatic hydroxyl groups is 10. The van der Waals surface area contributed by atoms with Gasteiger partial charge in [0.25, 0.3) is 0 Å². The molecule has 20 nitrogen and oxygen atoms in total. The summed E-state index contributed by atoms with van der Waals surface area (Å²) >= 11 is 0. The zero-order chi connectivity index (χ0) is 38.5. The minimum absolute atomic E-state index is 0.134. The van der Waals surface area contributed by atoms with Gasteiger partial charge in [-0.25, -0.2) is 0 Å². The first-order chi connectivity index (χ1) is 25.1. The molecule has 15 atom stereocenters. The highest BCUT2D eigenvalue weighted by Gasteiger charge is 2.51. The van der Waals surface area contributed by atoms with Gasteiger partial charge in [-0.1, -0.05) is 0 Å². The number of aliphatic hydroxyl groups excluding tert-OH is 10. The van der Waals surface area contributed by atoms with Crippen molar-refractivity contribution in [2.75, 3.05) is 13.2 Å². The molecule has 0 radical (unpaired) electrons. The monoisotopic (exact) mass is 756 g/mol. The summed E-state index contributed by atoms with van der Waals surface area (Å²) in [4.78, 5) is 13.9. The molecule has 3 fully saturated rings. The Balaban J connectivity index is 1.32. The van der Waals surface area contributed by atoms with Crippen LogP contribution in [0.5, 0.6) is 23.0 Å². The number of aromatic hydroxyl groups is 2. The maximum Gasteiger partial charge on any atom is 0.239 e. The van der Waals surface area contributed by atoms with Crippen LogP contribution >= 0.6 is 0 Å². The van der Waals surface area contributed by atoms with Crippen LogP contribution in [-0.2, 0) is 18.9 Å². The summed E-state index contributed by atoms with van der Waals surface area (Å²) in [5, 5.41) is 123. The zero-order valence-electron chi connectivity index (χ0n) is 27.7. The van der Waals surface area contributed by atoms with Gasteiger partial charge in [-0.3, -0.25) is 4.79 Å². The molecule has 292 valence electrons. The lowest BCUT2D eigenvalue weighted by Crippen LogP contribution is -2.64. The Hall–Kier alpha value is -3.71. The summed E-state index contributed by atoms with van der Waals surface area (Å²) in [7, 11) is 0. The fraction of sp³-hybridized carbons (Fsp3) is 0.545. The molecule has 20 heteroatoms. The third kappa shape index (κ3) is 7.39. The van der Waals surface area contributed by atoms with Crippen LogP contribution in [0, 0.1) is 0 Å². The molecule has 6 rings (SSSR count). The second-order valence-corrected chi connectivity index (χ2v) is 12.9. The lowest BCUT2D eigenvalue weighted by Gasteiger charge is -2.45. The van der Waals surface area contributed by atoms with Crippen LogP contribution in [-0.4, -0.2) is 167 Å². The number of ether oxygens (including phenoxy) is 6. The van der Waals surface area contributed by atoms with Crippen LogP contribution in [0.2, 0.25) is 0 Å². The minimum Gasteiger partial charge on any atom is -0.508 e. The smallest absolute Gasteiger partial charge is 0.239 e. The predicted molar refractivity (Wildman–Crippen MR) is 171 cm³/mol. The Bertz CT molecular complexity index is 1780. The van der Waals surface area contributed by atoms with Gasteiger partial charge in [0, 0.05) is 17.7 Å². The number of phenols is 2. The first-order valence-electron chi connectivity index (χ1n) is 16.4. The van der Waals surface area contributed by atoms with Crippen molar-refractivity contribution in [2.45, 2.75) is 99.0 Å². The lowest BCUT2D eigenvalue weighted by atomic mass is 9.97. The fourth-order valence-corrected chi connectivity index (χ4v) is 6.24. The van der Waals surface area contributed by atoms with Gasteiger partial charge in [0.1, 0.15) is 95.4 Å². The average Bonchev–Trinajstić information content (AvgIpc) is 3.13. The first-order valence-corrected chi connectivity index (χ1v) is 16.4. The van der Waals surface area contributed by atoms with Gasteiger partial charge in [0.15, 0.2) is 12.1 Å². The van der Waals surface area contributed by atoms with Crippen LogP contribution < -0.4 is 14.9 Å². The highest BCUT2D eigenvalue weighted by atomic mass is 16.7. The van der Waals surface area contributed by atoms with Crippen molar-refractivity contribution in [1.82, 2.24) is 0 Å². The summed E-state index contributed by atoms with van der Waals surface area (Å²) in [6.07, 6.45) is -24.9. The average molecular weight is 757 g/mol. The predicted octanol–water partition coefficient (Wildman–Crippen LogP) is -3.92. The Morgan fingerprint density at radius 2 is 1.23 bits per heavy atom. The Kier molecular flexibility index (Phi) is 11.5. The molecule has 15 unspecified atom stereocenters. The molecule has 2 aromatic carbocycles. The lowest BCUT2D eigenvalue weighted by molar-refractivity contribution is -0.350. The van der Waals surface area contributed by atoms with E-state index in [0.29, 0.717) is 0 Å². The van der Waals surface area contributed by atoms with Crippen molar-refractivity contribution in [3.05, 3.63) is 46.6 Å². The molecule has 1 aromatic heterocycles. The van der Waals surface area contributed by atoms with Crippen LogP contribution in [0.1, 0.15) is 6.92 Å². The molecular formula is C33H40O20. The van der Waals surface area contributed by atoms with Crippen molar-refractivity contribution in [3.63, 3.8) is 0 Å². The van der Waals surface area contributed by atoms with Crippen LogP contribution in [0.15, 0.2) is 45.6 Å². The van der Waals surface area contributed by atoms with Gasteiger partial charge >= 0.3 is 0 Å². The topological polar surface area (TPSA) is 328 Å². The third-order valence-electron chi connectivity index (χ3n) is 9.29. The highest BCUT2D eigenvalue weighted by molar-refractivity contribution is 5.88. The fourth-order valence-electron chi connectivity index (χ4n) is 6.24. The zero-order valence-corrected chi connectivity index (χ0v) is 27.7. The quantitative estimate of drug-likeness (QED) is 0.0992. The van der Waals surface area contributed by atoms with Gasteiger partial charge < -0.3 is 94.1 Å². The molecule has 12 N–H and O–H groups in total. The summed E-state index contributed by atoms with van der Waals surface area (Å²) in [5.74, 6) is -2.11. The number of fused-ring (bicyclic) bond motifs is 1. The van der Waals surface area contributed by atoms with Gasteiger partial charge in [0.05, 0.1) is 19.3 Å². The largest absolute Gasteiger partial charge is 0.508 e. The first kappa shape index (κ1) is 39.0. The summed E-state index contributed by atoms with van der Waals surface area (Å²) in [6, 6.07) is 7.29. The Morgan fingerprint density at radius 3 is 1.83 bits per heavy atom. The maximum atomic E-state index is 13.9. The van der Waals surface area contributed by atoms with Crippen LogP contribution in [0.25, 0.3) is 22.3 Å². The summed E-state index contributed by atoms with van der Waals surface area (Å²) in [6.45, 7) is -0.152.